The van der Waals surface area contributed by atoms with Crippen molar-refractivity contribution >= 4 is 11.6 Å². The van der Waals surface area contributed by atoms with Crippen molar-refractivity contribution in [3.05, 3.63) is 35.9 Å². The number of hydrazone groups is 1. The van der Waals surface area contributed by atoms with Crippen LogP contribution >= 0.6 is 0 Å². The summed E-state index contributed by atoms with van der Waals surface area (Å²) in [6, 6.07) is 9.76. The Morgan fingerprint density at radius 2 is 2.00 bits per heavy atom. The van der Waals surface area contributed by atoms with Gasteiger partial charge in [-0.25, -0.2) is 16.3 Å². The standard InChI is InChI=1S/C13H16N6O/c1-8-12(13(20)19-14-8)18-17-11-7-10(15-16-11)9-5-3-2-4-6-9/h2-6,10-12,15-16H,7H2,1H3,(H,19,20). The molecule has 0 spiro atoms. The second-order valence-electron chi connectivity index (χ2n) is 4.87. The molecule has 7 nitrogen and oxygen atoms in total. The molecule has 0 saturated carbocycles. The Bertz CT molecular complexity index is 555. The van der Waals surface area contributed by atoms with E-state index >= 15 is 0 Å². The van der Waals surface area contributed by atoms with Gasteiger partial charge in [-0.1, -0.05) is 30.3 Å². The zero-order valence-electron chi connectivity index (χ0n) is 11.1. The fourth-order valence-electron chi connectivity index (χ4n) is 2.26. The normalized spacial score (nSPS) is 29.8. The van der Waals surface area contributed by atoms with E-state index in [0.717, 1.165) is 6.42 Å². The molecule has 7 heteroatoms. The summed E-state index contributed by atoms with van der Waals surface area (Å²) in [7, 11) is 0. The van der Waals surface area contributed by atoms with Gasteiger partial charge in [0.15, 0.2) is 6.04 Å². The summed E-state index contributed by atoms with van der Waals surface area (Å²) in [6.45, 7) is 1.76. The van der Waals surface area contributed by atoms with E-state index in [1.165, 1.54) is 5.56 Å². The number of carbonyl (C=O) groups excluding carboxylic acids is 1. The number of hydrogen-bond donors (Lipinski definition) is 3. The Balaban J connectivity index is 1.61. The highest BCUT2D eigenvalue weighted by Crippen LogP contribution is 2.22. The van der Waals surface area contributed by atoms with Crippen molar-refractivity contribution in [1.29, 1.82) is 0 Å². The maximum absolute atomic E-state index is 11.5. The Kier molecular flexibility index (Phi) is 3.53. The van der Waals surface area contributed by atoms with Crippen LogP contribution in [0, 0.1) is 0 Å². The smallest absolute Gasteiger partial charge is 0.270 e. The lowest BCUT2D eigenvalue weighted by molar-refractivity contribution is -0.120. The lowest BCUT2D eigenvalue weighted by Gasteiger charge is -2.08. The molecular weight excluding hydrogens is 256 g/mol. The molecule has 3 atom stereocenters. The molecule has 3 rings (SSSR count). The predicted octanol–water partition coefficient (Wildman–Crippen LogP) is 0.878. The third kappa shape index (κ3) is 2.59. The van der Waals surface area contributed by atoms with E-state index in [1.807, 2.05) is 18.2 Å². The summed E-state index contributed by atoms with van der Waals surface area (Å²) in [6.07, 6.45) is 0.652. The fourth-order valence-corrected chi connectivity index (χ4v) is 2.26. The Morgan fingerprint density at radius 3 is 2.70 bits per heavy atom. The van der Waals surface area contributed by atoms with Crippen LogP contribution in [-0.2, 0) is 4.79 Å². The van der Waals surface area contributed by atoms with Crippen LogP contribution in [0.5, 0.6) is 0 Å². The SMILES string of the molecule is CC1=NNC(=O)C1N=NC1CC(c2ccccc2)NN1. The van der Waals surface area contributed by atoms with Crippen LogP contribution in [0.3, 0.4) is 0 Å². The molecule has 2 aliphatic heterocycles. The molecule has 104 valence electrons. The van der Waals surface area contributed by atoms with Crippen LogP contribution in [0.15, 0.2) is 45.7 Å². The van der Waals surface area contributed by atoms with Gasteiger partial charge < -0.3 is 0 Å². The molecule has 3 unspecified atom stereocenters. The molecule has 0 aliphatic carbocycles. The Labute approximate surface area is 116 Å². The third-order valence-electron chi connectivity index (χ3n) is 3.39. The van der Waals surface area contributed by atoms with Crippen molar-refractivity contribution in [3.8, 4) is 0 Å². The number of hydrazine groups is 1. The minimum absolute atomic E-state index is 0.138. The van der Waals surface area contributed by atoms with Gasteiger partial charge in [-0.15, -0.1) is 0 Å². The number of amides is 1. The van der Waals surface area contributed by atoms with E-state index < -0.39 is 6.04 Å². The maximum Gasteiger partial charge on any atom is 0.272 e. The van der Waals surface area contributed by atoms with Crippen LogP contribution in [0.2, 0.25) is 0 Å². The van der Waals surface area contributed by atoms with Gasteiger partial charge in [0.1, 0.15) is 6.17 Å². The average Bonchev–Trinajstić information content (AvgIpc) is 3.06. The molecule has 2 heterocycles. The second-order valence-corrected chi connectivity index (χ2v) is 4.87. The van der Waals surface area contributed by atoms with Gasteiger partial charge in [0, 0.05) is 12.5 Å². The first-order chi connectivity index (χ1) is 9.74. The molecule has 3 N–H and O–H groups in total. The molecule has 1 aromatic carbocycles. The van der Waals surface area contributed by atoms with E-state index in [2.05, 4.69) is 43.7 Å². The van der Waals surface area contributed by atoms with Crippen LogP contribution in [0.4, 0.5) is 0 Å². The minimum Gasteiger partial charge on any atom is -0.270 e. The van der Waals surface area contributed by atoms with Crippen molar-refractivity contribution in [2.45, 2.75) is 31.6 Å². The maximum atomic E-state index is 11.5. The number of azo groups is 1. The minimum atomic E-state index is -0.590. The molecule has 0 radical (unpaired) electrons. The van der Waals surface area contributed by atoms with Crippen molar-refractivity contribution in [2.75, 3.05) is 0 Å². The van der Waals surface area contributed by atoms with Crippen molar-refractivity contribution < 1.29 is 4.79 Å². The topological polar surface area (TPSA) is 90.2 Å². The van der Waals surface area contributed by atoms with Gasteiger partial charge in [-0.3, -0.25) is 4.79 Å². The van der Waals surface area contributed by atoms with Crippen LogP contribution in [-0.4, -0.2) is 23.8 Å². The van der Waals surface area contributed by atoms with Crippen molar-refractivity contribution in [3.63, 3.8) is 0 Å². The first kappa shape index (κ1) is 12.9. The molecule has 1 saturated heterocycles. The highest BCUT2D eigenvalue weighted by molar-refractivity contribution is 6.10. The van der Waals surface area contributed by atoms with Crippen LogP contribution in [0.1, 0.15) is 24.9 Å². The summed E-state index contributed by atoms with van der Waals surface area (Å²) in [5, 5.41) is 12.1. The number of carbonyl (C=O) groups is 1. The Hall–Kier alpha value is -2.12. The first-order valence-corrected chi connectivity index (χ1v) is 6.54. The molecule has 2 aliphatic rings. The highest BCUT2D eigenvalue weighted by Gasteiger charge is 2.28. The quantitative estimate of drug-likeness (QED) is 0.713. The molecular formula is C13H16N6O. The summed E-state index contributed by atoms with van der Waals surface area (Å²) in [5.74, 6) is -0.225. The van der Waals surface area contributed by atoms with E-state index in [0.29, 0.717) is 5.71 Å². The zero-order chi connectivity index (χ0) is 13.9. The highest BCUT2D eigenvalue weighted by atomic mass is 16.2. The third-order valence-corrected chi connectivity index (χ3v) is 3.39. The van der Waals surface area contributed by atoms with Crippen molar-refractivity contribution in [2.24, 2.45) is 15.3 Å². The average molecular weight is 272 g/mol. The van der Waals surface area contributed by atoms with Gasteiger partial charge in [0.2, 0.25) is 0 Å². The fraction of sp³-hybridized carbons (Fsp3) is 0.385. The largest absolute Gasteiger partial charge is 0.272 e. The summed E-state index contributed by atoms with van der Waals surface area (Å²) in [5.41, 5.74) is 10.5. The summed E-state index contributed by atoms with van der Waals surface area (Å²) in [4.78, 5) is 11.5. The van der Waals surface area contributed by atoms with E-state index in [4.69, 9.17) is 0 Å². The first-order valence-electron chi connectivity index (χ1n) is 6.54. The number of nitrogens with zero attached hydrogens (tertiary/aromatic N) is 3. The van der Waals surface area contributed by atoms with Gasteiger partial charge in [-0.2, -0.15) is 15.3 Å². The zero-order valence-corrected chi connectivity index (χ0v) is 11.1. The van der Waals surface area contributed by atoms with E-state index in [-0.39, 0.29) is 18.1 Å². The molecule has 1 aromatic rings. The van der Waals surface area contributed by atoms with Gasteiger partial charge in [0.25, 0.3) is 5.91 Å². The van der Waals surface area contributed by atoms with E-state index in [1.54, 1.807) is 6.92 Å². The van der Waals surface area contributed by atoms with E-state index in [9.17, 15) is 4.79 Å². The monoisotopic (exact) mass is 272 g/mol. The summed E-state index contributed by atoms with van der Waals surface area (Å²) < 4.78 is 0. The van der Waals surface area contributed by atoms with Crippen LogP contribution < -0.4 is 16.3 Å². The lowest BCUT2D eigenvalue weighted by atomic mass is 10.1. The molecule has 0 aromatic heterocycles. The number of nitrogens with one attached hydrogen (secondary N) is 3. The predicted molar refractivity (Wildman–Crippen MR) is 73.8 cm³/mol. The van der Waals surface area contributed by atoms with Gasteiger partial charge in [-0.05, 0) is 12.5 Å². The summed E-state index contributed by atoms with van der Waals surface area (Å²) >= 11 is 0. The van der Waals surface area contributed by atoms with Crippen molar-refractivity contribution in [1.82, 2.24) is 16.3 Å². The molecule has 0 bridgehead atoms. The second kappa shape index (κ2) is 5.48. The van der Waals surface area contributed by atoms with Gasteiger partial charge in [0.05, 0.1) is 5.71 Å². The number of rotatable bonds is 3. The van der Waals surface area contributed by atoms with Gasteiger partial charge >= 0.3 is 0 Å². The number of benzene rings is 1. The molecule has 1 amide bonds. The van der Waals surface area contributed by atoms with Crippen LogP contribution in [0.25, 0.3) is 0 Å². The molecule has 1 fully saturated rings. The lowest BCUT2D eigenvalue weighted by Crippen LogP contribution is -2.30. The molecule has 20 heavy (non-hydrogen) atoms. The Morgan fingerprint density at radius 1 is 1.20 bits per heavy atom. The number of hydrogen-bond acceptors (Lipinski definition) is 6.